The highest BCUT2D eigenvalue weighted by atomic mass is 19.4. The van der Waals surface area contributed by atoms with Crippen molar-refractivity contribution in [2.45, 2.75) is 19.5 Å². The number of rotatable bonds is 7. The first-order valence-electron chi connectivity index (χ1n) is 8.43. The summed E-state index contributed by atoms with van der Waals surface area (Å²) in [6.07, 6.45) is -3.99. The van der Waals surface area contributed by atoms with Gasteiger partial charge in [0.05, 0.1) is 5.56 Å². The molecule has 28 heavy (non-hydrogen) atoms. The standard InChI is InChI=1S/C21H21F3N4/c1-4-14(5-2)16-9-17(21(22,23)24)12-19(11-16)28-13(3)27-18-8-6-7-15(10-18)20(25)26/h6-12,27-28H,1,3,5H2,2H3,(H3,25,26). The minimum atomic E-state index is -4.49. The Kier molecular flexibility index (Phi) is 6.33. The van der Waals surface area contributed by atoms with Gasteiger partial charge in [-0.25, -0.2) is 0 Å². The minimum Gasteiger partial charge on any atom is -0.384 e. The summed E-state index contributed by atoms with van der Waals surface area (Å²) in [6.45, 7) is 9.17. The summed E-state index contributed by atoms with van der Waals surface area (Å²) < 4.78 is 39.8. The molecular weight excluding hydrogens is 365 g/mol. The van der Waals surface area contributed by atoms with E-state index in [9.17, 15) is 13.2 Å². The number of allylic oxidation sites excluding steroid dienone is 1. The second-order valence-corrected chi connectivity index (χ2v) is 6.03. The summed E-state index contributed by atoms with van der Waals surface area (Å²) in [5.41, 5.74) is 9.69. The zero-order chi connectivity index (χ0) is 20.9. The quantitative estimate of drug-likeness (QED) is 0.286. The Morgan fingerprint density at radius 3 is 2.32 bits per heavy atom. The van der Waals surface area contributed by atoms with E-state index in [4.69, 9.17) is 11.1 Å². The maximum Gasteiger partial charge on any atom is 0.416 e. The molecule has 0 atom stereocenters. The van der Waals surface area contributed by atoms with E-state index >= 15 is 0 Å². The van der Waals surface area contributed by atoms with E-state index in [1.54, 1.807) is 30.3 Å². The van der Waals surface area contributed by atoms with Crippen molar-refractivity contribution in [3.05, 3.63) is 83.9 Å². The molecule has 0 bridgehead atoms. The van der Waals surface area contributed by atoms with Gasteiger partial charge in [-0.2, -0.15) is 13.2 Å². The molecule has 2 aromatic carbocycles. The molecule has 0 aliphatic heterocycles. The van der Waals surface area contributed by atoms with Crippen molar-refractivity contribution in [2.75, 3.05) is 10.6 Å². The number of alkyl halides is 3. The fourth-order valence-corrected chi connectivity index (χ4v) is 2.61. The highest BCUT2D eigenvalue weighted by molar-refractivity contribution is 5.95. The Hall–Kier alpha value is -3.44. The number of amidine groups is 1. The molecule has 0 aliphatic carbocycles. The van der Waals surface area contributed by atoms with Gasteiger partial charge in [-0.15, -0.1) is 5.73 Å². The van der Waals surface area contributed by atoms with Crippen LogP contribution in [0, 0.1) is 5.41 Å². The smallest absolute Gasteiger partial charge is 0.384 e. The summed E-state index contributed by atoms with van der Waals surface area (Å²) in [6, 6.07) is 10.4. The number of hydrogen-bond acceptors (Lipinski definition) is 3. The maximum absolute atomic E-state index is 13.3. The van der Waals surface area contributed by atoms with Crippen molar-refractivity contribution >= 4 is 22.8 Å². The van der Waals surface area contributed by atoms with E-state index in [-0.39, 0.29) is 17.3 Å². The maximum atomic E-state index is 13.3. The average molecular weight is 386 g/mol. The van der Waals surface area contributed by atoms with E-state index in [1.807, 2.05) is 6.92 Å². The molecule has 146 valence electrons. The van der Waals surface area contributed by atoms with Crippen LogP contribution in [0.5, 0.6) is 0 Å². The van der Waals surface area contributed by atoms with Gasteiger partial charge in [0.25, 0.3) is 0 Å². The highest BCUT2D eigenvalue weighted by Gasteiger charge is 2.31. The van der Waals surface area contributed by atoms with Gasteiger partial charge in [-0.1, -0.05) is 32.2 Å². The molecular formula is C21H21F3N4. The lowest BCUT2D eigenvalue weighted by molar-refractivity contribution is -0.137. The molecule has 0 spiro atoms. The van der Waals surface area contributed by atoms with Crippen LogP contribution in [0.25, 0.3) is 5.57 Å². The molecule has 0 fully saturated rings. The van der Waals surface area contributed by atoms with E-state index in [2.05, 4.69) is 29.5 Å². The van der Waals surface area contributed by atoms with Gasteiger partial charge in [0, 0.05) is 22.5 Å². The number of benzene rings is 2. The molecule has 2 rings (SSSR count). The lowest BCUT2D eigenvalue weighted by Gasteiger charge is -2.16. The third-order valence-electron chi connectivity index (χ3n) is 3.94. The van der Waals surface area contributed by atoms with Gasteiger partial charge in [-0.3, -0.25) is 5.41 Å². The van der Waals surface area contributed by atoms with Crippen LogP contribution in [0.2, 0.25) is 0 Å². The predicted molar refractivity (Wildman–Crippen MR) is 108 cm³/mol. The Morgan fingerprint density at radius 1 is 1.11 bits per heavy atom. The van der Waals surface area contributed by atoms with Crippen molar-refractivity contribution in [3.63, 3.8) is 0 Å². The molecule has 0 unspecified atom stereocenters. The number of halogens is 3. The van der Waals surface area contributed by atoms with Gasteiger partial charge >= 0.3 is 6.18 Å². The van der Waals surface area contributed by atoms with Gasteiger partial charge < -0.3 is 16.4 Å². The Morgan fingerprint density at radius 2 is 1.75 bits per heavy atom. The van der Waals surface area contributed by atoms with Crippen LogP contribution < -0.4 is 16.4 Å². The van der Waals surface area contributed by atoms with Gasteiger partial charge in [0.15, 0.2) is 0 Å². The van der Waals surface area contributed by atoms with Crippen molar-refractivity contribution in [3.8, 4) is 0 Å². The van der Waals surface area contributed by atoms with Crippen LogP contribution >= 0.6 is 0 Å². The highest BCUT2D eigenvalue weighted by Crippen LogP contribution is 2.34. The number of hydrogen-bond donors (Lipinski definition) is 4. The van der Waals surface area contributed by atoms with Crippen LogP contribution in [0.15, 0.2) is 67.2 Å². The van der Waals surface area contributed by atoms with E-state index in [0.29, 0.717) is 28.8 Å². The van der Waals surface area contributed by atoms with E-state index < -0.39 is 11.7 Å². The Labute approximate surface area is 161 Å². The van der Waals surface area contributed by atoms with Crippen molar-refractivity contribution in [1.82, 2.24) is 0 Å². The summed E-state index contributed by atoms with van der Waals surface area (Å²) in [5.74, 6) is 0.180. The summed E-state index contributed by atoms with van der Waals surface area (Å²) in [4.78, 5) is 0. The first kappa shape index (κ1) is 20.9. The number of nitrogens with two attached hydrogens (primary N) is 1. The van der Waals surface area contributed by atoms with E-state index in [0.717, 1.165) is 12.1 Å². The van der Waals surface area contributed by atoms with Crippen molar-refractivity contribution < 1.29 is 13.2 Å². The Bertz CT molecular complexity index is 954. The minimum absolute atomic E-state index is 0.0898. The zero-order valence-electron chi connectivity index (χ0n) is 15.4. The van der Waals surface area contributed by atoms with Crippen LogP contribution in [0.1, 0.15) is 30.0 Å². The lowest BCUT2D eigenvalue weighted by Crippen LogP contribution is -2.13. The summed E-state index contributed by atoms with van der Waals surface area (Å²) >= 11 is 0. The zero-order valence-corrected chi connectivity index (χ0v) is 15.4. The van der Waals surface area contributed by atoms with Crippen molar-refractivity contribution in [1.29, 1.82) is 5.41 Å². The SMILES string of the molecule is C=C=C(CC)c1cc(NC(=C)Nc2cccc(C(=N)N)c2)cc(C(F)(F)F)c1. The number of nitrogen functional groups attached to an aromatic ring is 1. The summed E-state index contributed by atoms with van der Waals surface area (Å²) in [7, 11) is 0. The first-order chi connectivity index (χ1) is 13.1. The van der Waals surface area contributed by atoms with Gasteiger partial charge in [0.1, 0.15) is 11.7 Å². The fourth-order valence-electron chi connectivity index (χ4n) is 2.61. The van der Waals surface area contributed by atoms with Crippen molar-refractivity contribution in [2.24, 2.45) is 5.73 Å². The van der Waals surface area contributed by atoms with Crippen LogP contribution in [0.4, 0.5) is 24.5 Å². The Balaban J connectivity index is 2.30. The molecule has 0 aromatic heterocycles. The molecule has 7 heteroatoms. The predicted octanol–water partition coefficient (Wildman–Crippen LogP) is 5.56. The molecule has 0 saturated heterocycles. The normalized spacial score (nSPS) is 10.7. The molecule has 0 aliphatic rings. The molecule has 2 aromatic rings. The lowest BCUT2D eigenvalue weighted by atomic mass is 10.0. The number of anilines is 2. The molecule has 0 saturated carbocycles. The molecule has 0 amide bonds. The molecule has 4 nitrogen and oxygen atoms in total. The van der Waals surface area contributed by atoms with Gasteiger partial charge in [-0.05, 0) is 42.3 Å². The molecule has 0 radical (unpaired) electrons. The monoisotopic (exact) mass is 386 g/mol. The second kappa shape index (κ2) is 8.50. The average Bonchev–Trinajstić information content (AvgIpc) is 2.62. The topological polar surface area (TPSA) is 73.9 Å². The van der Waals surface area contributed by atoms with Gasteiger partial charge in [0.2, 0.25) is 0 Å². The summed E-state index contributed by atoms with van der Waals surface area (Å²) in [5, 5.41) is 13.3. The molecule has 0 heterocycles. The first-order valence-corrected chi connectivity index (χ1v) is 8.43. The largest absolute Gasteiger partial charge is 0.416 e. The fraction of sp³-hybridized carbons (Fsp3) is 0.143. The van der Waals surface area contributed by atoms with Crippen LogP contribution in [-0.4, -0.2) is 5.84 Å². The van der Waals surface area contributed by atoms with Crippen LogP contribution in [-0.2, 0) is 6.18 Å². The van der Waals surface area contributed by atoms with E-state index in [1.165, 1.54) is 0 Å². The molecule has 5 N–H and O–H groups in total. The third kappa shape index (κ3) is 5.28. The third-order valence-corrected chi connectivity index (χ3v) is 3.94. The van der Waals surface area contributed by atoms with Crippen LogP contribution in [0.3, 0.4) is 0 Å². The second-order valence-electron chi connectivity index (χ2n) is 6.03. The number of nitrogens with one attached hydrogen (secondary N) is 3.